The normalized spacial score (nSPS) is 11.8. The number of benzene rings is 2. The second-order valence-electron chi connectivity index (χ2n) is 6.62. The molecule has 2 heterocycles. The van der Waals surface area contributed by atoms with E-state index in [1.54, 1.807) is 43.3 Å². The molecule has 0 saturated carbocycles. The number of hydrogen-bond donors (Lipinski definition) is 1. The third kappa shape index (κ3) is 4.31. The van der Waals surface area contributed by atoms with E-state index in [0.29, 0.717) is 27.9 Å². The van der Waals surface area contributed by atoms with Crippen LogP contribution in [0.3, 0.4) is 0 Å². The van der Waals surface area contributed by atoms with Crippen LogP contribution in [0.2, 0.25) is 0 Å². The highest BCUT2D eigenvalue weighted by Gasteiger charge is 2.20. The van der Waals surface area contributed by atoms with E-state index in [1.165, 1.54) is 18.1 Å². The number of carbonyl (C=O) groups excluding carboxylic acids is 1. The van der Waals surface area contributed by atoms with Crippen LogP contribution in [-0.2, 0) is 4.79 Å². The van der Waals surface area contributed by atoms with E-state index in [9.17, 15) is 4.79 Å². The van der Waals surface area contributed by atoms with Gasteiger partial charge in [-0.15, -0.1) is 0 Å². The molecule has 158 valence electrons. The fraction of sp³-hybridized carbons (Fsp3) is 0.182. The average Bonchev–Trinajstić information content (AvgIpc) is 3.24. The fourth-order valence-corrected chi connectivity index (χ4v) is 3.92. The van der Waals surface area contributed by atoms with E-state index in [2.05, 4.69) is 20.4 Å². The number of para-hydroxylation sites is 1. The Labute approximate surface area is 183 Å². The van der Waals surface area contributed by atoms with Gasteiger partial charge in [-0.1, -0.05) is 30.0 Å². The third-order valence-corrected chi connectivity index (χ3v) is 5.77. The number of fused-ring (bicyclic) bond motifs is 1. The number of methoxy groups -OCH3 is 2. The van der Waals surface area contributed by atoms with Gasteiger partial charge < -0.3 is 14.8 Å². The molecule has 1 atom stereocenters. The lowest BCUT2D eigenvalue weighted by Gasteiger charge is -2.15. The lowest BCUT2D eigenvalue weighted by atomic mass is 10.2. The molecule has 31 heavy (non-hydrogen) atoms. The Balaban J connectivity index is 1.56. The third-order valence-electron chi connectivity index (χ3n) is 4.65. The first-order valence-corrected chi connectivity index (χ1v) is 10.4. The van der Waals surface area contributed by atoms with Crippen molar-refractivity contribution < 1.29 is 14.3 Å². The molecule has 0 radical (unpaired) electrons. The van der Waals surface area contributed by atoms with E-state index in [0.717, 1.165) is 11.1 Å². The Morgan fingerprint density at radius 1 is 1.10 bits per heavy atom. The zero-order valence-electron chi connectivity index (χ0n) is 17.3. The second-order valence-corrected chi connectivity index (χ2v) is 7.95. The van der Waals surface area contributed by atoms with Crippen LogP contribution in [0.5, 0.6) is 11.5 Å². The summed E-state index contributed by atoms with van der Waals surface area (Å²) >= 11 is 1.34. The summed E-state index contributed by atoms with van der Waals surface area (Å²) in [6.07, 6.45) is 3.21. The smallest absolute Gasteiger partial charge is 0.237 e. The van der Waals surface area contributed by atoms with E-state index in [1.807, 2.05) is 37.3 Å². The molecule has 0 fully saturated rings. The Morgan fingerprint density at radius 3 is 2.65 bits per heavy atom. The number of carbonyl (C=O) groups is 1. The first kappa shape index (κ1) is 20.7. The molecule has 1 N–H and O–H groups in total. The Kier molecular flexibility index (Phi) is 6.03. The Morgan fingerprint density at radius 2 is 1.90 bits per heavy atom. The van der Waals surface area contributed by atoms with Crippen molar-refractivity contribution in [2.75, 3.05) is 19.5 Å². The van der Waals surface area contributed by atoms with Gasteiger partial charge in [0, 0.05) is 6.07 Å². The predicted octanol–water partition coefficient (Wildman–Crippen LogP) is 3.95. The highest BCUT2D eigenvalue weighted by molar-refractivity contribution is 8.00. The summed E-state index contributed by atoms with van der Waals surface area (Å²) in [5, 5.41) is 8.42. The van der Waals surface area contributed by atoms with Crippen LogP contribution in [0.25, 0.3) is 16.7 Å². The molecule has 9 heteroatoms. The van der Waals surface area contributed by atoms with Gasteiger partial charge in [-0.05, 0) is 31.2 Å². The summed E-state index contributed by atoms with van der Waals surface area (Å²) in [5.41, 5.74) is 2.14. The minimum Gasteiger partial charge on any atom is -0.497 e. The number of ether oxygens (including phenoxy) is 2. The number of aromatic nitrogens is 4. The number of hydrogen-bond acceptors (Lipinski definition) is 7. The molecular weight excluding hydrogens is 414 g/mol. The van der Waals surface area contributed by atoms with Crippen LogP contribution in [0, 0.1) is 0 Å². The minimum atomic E-state index is -0.422. The first-order chi connectivity index (χ1) is 15.1. The van der Waals surface area contributed by atoms with Crippen molar-refractivity contribution in [1.82, 2.24) is 19.7 Å². The Hall–Kier alpha value is -3.59. The molecule has 0 aliphatic heterocycles. The standard InChI is InChI=1S/C22H21N5O3S/c1-14(21(28)26-18-11-16(29-2)9-10-19(18)30-3)31-22-17-12-25-27(20(17)23-13-24-22)15-7-5-4-6-8-15/h4-14H,1-3H3,(H,26,28). The number of thioether (sulfide) groups is 1. The summed E-state index contributed by atoms with van der Waals surface area (Å²) < 4.78 is 12.3. The molecule has 4 rings (SSSR count). The maximum atomic E-state index is 12.9. The van der Waals surface area contributed by atoms with Gasteiger partial charge in [0.25, 0.3) is 0 Å². The van der Waals surface area contributed by atoms with E-state index < -0.39 is 5.25 Å². The van der Waals surface area contributed by atoms with E-state index in [4.69, 9.17) is 9.47 Å². The van der Waals surface area contributed by atoms with Gasteiger partial charge in [0.15, 0.2) is 5.65 Å². The molecule has 1 unspecified atom stereocenters. The van der Waals surface area contributed by atoms with Crippen LogP contribution in [0.4, 0.5) is 5.69 Å². The molecule has 0 aliphatic rings. The largest absolute Gasteiger partial charge is 0.497 e. The van der Waals surface area contributed by atoms with Gasteiger partial charge in [0.05, 0.1) is 42.4 Å². The maximum Gasteiger partial charge on any atom is 0.237 e. The zero-order valence-corrected chi connectivity index (χ0v) is 18.1. The Bertz CT molecular complexity index is 1210. The van der Waals surface area contributed by atoms with Crippen molar-refractivity contribution in [3.8, 4) is 17.2 Å². The van der Waals surface area contributed by atoms with Gasteiger partial charge >= 0.3 is 0 Å². The van der Waals surface area contributed by atoms with Crippen molar-refractivity contribution in [3.63, 3.8) is 0 Å². The lowest BCUT2D eigenvalue weighted by Crippen LogP contribution is -2.22. The molecule has 1 amide bonds. The summed E-state index contributed by atoms with van der Waals surface area (Å²) in [6.45, 7) is 1.82. The zero-order chi connectivity index (χ0) is 21.8. The molecule has 2 aromatic carbocycles. The molecule has 0 spiro atoms. The molecule has 0 bridgehead atoms. The maximum absolute atomic E-state index is 12.9. The number of anilines is 1. The summed E-state index contributed by atoms with van der Waals surface area (Å²) in [4.78, 5) is 21.6. The molecular formula is C22H21N5O3S. The van der Waals surface area contributed by atoms with Gasteiger partial charge in [-0.3, -0.25) is 4.79 Å². The van der Waals surface area contributed by atoms with Crippen LogP contribution < -0.4 is 14.8 Å². The quantitative estimate of drug-likeness (QED) is 0.347. The van der Waals surface area contributed by atoms with Crippen LogP contribution in [0.15, 0.2) is 66.1 Å². The van der Waals surface area contributed by atoms with Crippen molar-refractivity contribution in [2.24, 2.45) is 0 Å². The highest BCUT2D eigenvalue weighted by atomic mass is 32.2. The monoisotopic (exact) mass is 435 g/mol. The summed E-state index contributed by atoms with van der Waals surface area (Å²) in [7, 11) is 3.12. The SMILES string of the molecule is COc1ccc(OC)c(NC(=O)C(C)Sc2ncnc3c2cnn3-c2ccccc2)c1. The van der Waals surface area contributed by atoms with Crippen molar-refractivity contribution in [1.29, 1.82) is 0 Å². The molecule has 0 saturated heterocycles. The highest BCUT2D eigenvalue weighted by Crippen LogP contribution is 2.32. The topological polar surface area (TPSA) is 91.2 Å². The van der Waals surface area contributed by atoms with Crippen molar-refractivity contribution in [3.05, 3.63) is 61.1 Å². The van der Waals surface area contributed by atoms with Crippen LogP contribution >= 0.6 is 11.8 Å². The van der Waals surface area contributed by atoms with Crippen LogP contribution in [0.1, 0.15) is 6.92 Å². The minimum absolute atomic E-state index is 0.182. The molecule has 0 aliphatic carbocycles. The average molecular weight is 436 g/mol. The van der Waals surface area contributed by atoms with Crippen LogP contribution in [-0.4, -0.2) is 45.1 Å². The van der Waals surface area contributed by atoms with Gasteiger partial charge in [0.2, 0.25) is 5.91 Å². The summed E-state index contributed by atoms with van der Waals surface area (Å²) in [6, 6.07) is 15.0. The summed E-state index contributed by atoms with van der Waals surface area (Å²) in [5.74, 6) is 1.00. The molecule has 8 nitrogen and oxygen atoms in total. The molecule has 2 aromatic heterocycles. The van der Waals surface area contributed by atoms with Gasteiger partial charge in [-0.2, -0.15) is 5.10 Å². The number of nitrogens with one attached hydrogen (secondary N) is 1. The van der Waals surface area contributed by atoms with Gasteiger partial charge in [-0.25, -0.2) is 14.6 Å². The second kappa shape index (κ2) is 9.05. The predicted molar refractivity (Wildman–Crippen MR) is 120 cm³/mol. The van der Waals surface area contributed by atoms with Crippen molar-refractivity contribution in [2.45, 2.75) is 17.2 Å². The molecule has 4 aromatic rings. The first-order valence-electron chi connectivity index (χ1n) is 9.54. The fourth-order valence-electron chi connectivity index (χ4n) is 3.04. The van der Waals surface area contributed by atoms with Crippen molar-refractivity contribution >= 4 is 34.4 Å². The number of amides is 1. The van der Waals surface area contributed by atoms with E-state index in [-0.39, 0.29) is 5.91 Å². The van der Waals surface area contributed by atoms with Gasteiger partial charge in [0.1, 0.15) is 22.9 Å². The number of rotatable bonds is 7. The lowest BCUT2D eigenvalue weighted by molar-refractivity contribution is -0.115. The number of nitrogens with zero attached hydrogens (tertiary/aromatic N) is 4. The van der Waals surface area contributed by atoms with E-state index >= 15 is 0 Å².